The second-order valence-electron chi connectivity index (χ2n) is 9.12. The molecule has 2 fully saturated rings. The number of rotatable bonds is 5. The maximum Gasteiger partial charge on any atom is 0.251 e. The third kappa shape index (κ3) is 3.87. The molecule has 174 valence electrons. The molecule has 2 aromatic heterocycles. The first-order valence-electron chi connectivity index (χ1n) is 11.9. The number of piperidine rings is 1. The number of amidine groups is 1. The van der Waals surface area contributed by atoms with E-state index in [0.29, 0.717) is 11.6 Å². The van der Waals surface area contributed by atoms with Gasteiger partial charge in [-0.25, -0.2) is 15.0 Å². The van der Waals surface area contributed by atoms with E-state index in [-0.39, 0.29) is 11.9 Å². The van der Waals surface area contributed by atoms with E-state index in [2.05, 4.69) is 54.7 Å². The van der Waals surface area contributed by atoms with Crippen LogP contribution in [0.1, 0.15) is 48.5 Å². The summed E-state index contributed by atoms with van der Waals surface area (Å²) in [6, 6.07) is 8.14. The van der Waals surface area contributed by atoms with Gasteiger partial charge in [-0.3, -0.25) is 4.79 Å². The number of carbonyl (C=O) groups is 1. The maximum atomic E-state index is 12.3. The zero-order valence-corrected chi connectivity index (χ0v) is 19.2. The number of amides is 1. The summed E-state index contributed by atoms with van der Waals surface area (Å²) in [5.41, 5.74) is 3.29. The van der Waals surface area contributed by atoms with Crippen LogP contribution in [0.15, 0.2) is 54.2 Å². The highest BCUT2D eigenvalue weighted by Crippen LogP contribution is 2.35. The summed E-state index contributed by atoms with van der Waals surface area (Å²) in [5.74, 6) is 1.58. The largest absolute Gasteiger partial charge is 0.378 e. The lowest BCUT2D eigenvalue weighted by Crippen LogP contribution is -2.43. The van der Waals surface area contributed by atoms with Crippen molar-refractivity contribution in [1.82, 2.24) is 25.2 Å². The third-order valence-corrected chi connectivity index (χ3v) is 6.66. The molecular formula is C25H28N8O. The molecule has 3 aliphatic rings. The lowest BCUT2D eigenvalue weighted by molar-refractivity contribution is 0.0951. The lowest BCUT2D eigenvalue weighted by atomic mass is 10.0. The molecule has 1 aromatic carbocycles. The summed E-state index contributed by atoms with van der Waals surface area (Å²) >= 11 is 0. The summed E-state index contributed by atoms with van der Waals surface area (Å²) in [5, 5.41) is 14.6. The van der Waals surface area contributed by atoms with Crippen LogP contribution in [0.4, 0.5) is 11.5 Å². The van der Waals surface area contributed by atoms with Gasteiger partial charge >= 0.3 is 0 Å². The summed E-state index contributed by atoms with van der Waals surface area (Å²) in [4.78, 5) is 27.0. The van der Waals surface area contributed by atoms with Gasteiger partial charge in [-0.1, -0.05) is 6.08 Å². The van der Waals surface area contributed by atoms with Crippen molar-refractivity contribution < 1.29 is 4.79 Å². The summed E-state index contributed by atoms with van der Waals surface area (Å²) < 4.78 is 0. The molecule has 34 heavy (non-hydrogen) atoms. The van der Waals surface area contributed by atoms with Crippen LogP contribution in [-0.4, -0.2) is 56.8 Å². The van der Waals surface area contributed by atoms with Crippen molar-refractivity contribution >= 4 is 34.3 Å². The van der Waals surface area contributed by atoms with Crippen LogP contribution in [-0.2, 0) is 0 Å². The molecule has 0 bridgehead atoms. The van der Waals surface area contributed by atoms with E-state index >= 15 is 0 Å². The molecule has 9 heteroatoms. The summed E-state index contributed by atoms with van der Waals surface area (Å²) in [6.45, 7) is 4.03. The maximum absolute atomic E-state index is 12.3. The minimum atomic E-state index is -0.0158. The normalized spacial score (nSPS) is 18.4. The van der Waals surface area contributed by atoms with Crippen molar-refractivity contribution in [2.45, 2.75) is 44.7 Å². The van der Waals surface area contributed by atoms with Crippen LogP contribution in [0.2, 0.25) is 0 Å². The number of hydrogen-bond acceptors (Lipinski definition) is 7. The number of carbonyl (C=O) groups excluding carboxylic acids is 1. The molecule has 9 nitrogen and oxygen atoms in total. The van der Waals surface area contributed by atoms with Crippen molar-refractivity contribution in [3.05, 3.63) is 60.2 Å². The molecule has 3 aromatic rings. The van der Waals surface area contributed by atoms with Gasteiger partial charge in [-0.2, -0.15) is 5.10 Å². The number of hydrazone groups is 1. The predicted molar refractivity (Wildman–Crippen MR) is 133 cm³/mol. The Morgan fingerprint density at radius 1 is 1.12 bits per heavy atom. The van der Waals surface area contributed by atoms with E-state index in [9.17, 15) is 4.79 Å². The highest BCUT2D eigenvalue weighted by atomic mass is 16.1. The number of benzene rings is 1. The van der Waals surface area contributed by atoms with Crippen molar-refractivity contribution in [1.29, 1.82) is 0 Å². The van der Waals surface area contributed by atoms with E-state index < -0.39 is 0 Å². The van der Waals surface area contributed by atoms with Crippen LogP contribution < -0.4 is 15.6 Å². The number of allylic oxidation sites excluding steroid dienone is 1. The number of anilines is 2. The molecule has 1 saturated carbocycles. The molecule has 1 saturated heterocycles. The number of aromatic nitrogens is 3. The van der Waals surface area contributed by atoms with Gasteiger partial charge in [-0.15, -0.1) is 0 Å². The number of nitrogens with zero attached hydrogens (tertiary/aromatic N) is 5. The molecule has 1 aliphatic carbocycles. The van der Waals surface area contributed by atoms with E-state index in [1.54, 1.807) is 6.33 Å². The average molecular weight is 457 g/mol. The summed E-state index contributed by atoms with van der Waals surface area (Å²) in [6.07, 6.45) is 11.9. The van der Waals surface area contributed by atoms with Crippen LogP contribution in [0.5, 0.6) is 0 Å². The molecule has 6 rings (SSSR count). The van der Waals surface area contributed by atoms with Crippen molar-refractivity contribution in [3.8, 4) is 0 Å². The standard InChI is InChI=1S/C25H28N8O/c1-2-11-32-12-9-19(10-13-32)33-24-21-20(14-26-23(21)27-15-28-24)22(31-33)29-17-5-3-16(4-6-17)25(34)30-18-7-8-18/h2-6,11,14-15,18-19H,7-10,12-13H2,1H3,(H,29,31)(H,30,34)(H,26,27,28). The number of aromatic amines is 1. The van der Waals surface area contributed by atoms with Crippen molar-refractivity contribution in [3.63, 3.8) is 0 Å². The molecular weight excluding hydrogens is 428 g/mol. The van der Waals surface area contributed by atoms with Crippen LogP contribution in [0, 0.1) is 0 Å². The molecule has 3 N–H and O–H groups in total. The fourth-order valence-electron chi connectivity index (χ4n) is 4.69. The number of nitrogens with one attached hydrogen (secondary N) is 3. The summed E-state index contributed by atoms with van der Waals surface area (Å²) in [7, 11) is 0. The molecule has 0 radical (unpaired) electrons. The SMILES string of the molecule is CC=CN1CCC(N2N=C(Nc3ccc(C(=O)NC4CC4)cc3)c3c[nH]c4ncnc2c34)CC1. The van der Waals surface area contributed by atoms with E-state index in [0.717, 1.165) is 72.7 Å². The first-order chi connectivity index (χ1) is 16.7. The molecule has 0 atom stereocenters. The second kappa shape index (κ2) is 8.48. The van der Waals surface area contributed by atoms with Crippen molar-refractivity contribution in [2.24, 2.45) is 5.10 Å². The Labute approximate surface area is 198 Å². The fourth-order valence-corrected chi connectivity index (χ4v) is 4.69. The second-order valence-corrected chi connectivity index (χ2v) is 9.12. The van der Waals surface area contributed by atoms with Crippen LogP contribution >= 0.6 is 0 Å². The minimum Gasteiger partial charge on any atom is -0.378 e. The van der Waals surface area contributed by atoms with E-state index in [1.165, 1.54) is 0 Å². The Kier molecular flexibility index (Phi) is 5.16. The van der Waals surface area contributed by atoms with Gasteiger partial charge in [0.2, 0.25) is 0 Å². The first-order valence-corrected chi connectivity index (χ1v) is 11.9. The van der Waals surface area contributed by atoms with Gasteiger partial charge in [0, 0.05) is 42.1 Å². The van der Waals surface area contributed by atoms with Crippen molar-refractivity contribution in [2.75, 3.05) is 23.4 Å². The topological polar surface area (TPSA) is 102 Å². The predicted octanol–water partition coefficient (Wildman–Crippen LogP) is 3.44. The van der Waals surface area contributed by atoms with Gasteiger partial charge in [-0.05, 0) is 63.1 Å². The Hall–Kier alpha value is -3.88. The molecule has 4 heterocycles. The molecule has 0 unspecified atom stereocenters. The Bertz CT molecular complexity index is 1270. The molecule has 1 amide bonds. The Balaban J connectivity index is 1.27. The minimum absolute atomic E-state index is 0.0158. The monoisotopic (exact) mass is 456 g/mol. The average Bonchev–Trinajstić information content (AvgIpc) is 3.57. The lowest BCUT2D eigenvalue weighted by Gasteiger charge is -2.37. The quantitative estimate of drug-likeness (QED) is 0.544. The highest BCUT2D eigenvalue weighted by molar-refractivity contribution is 6.19. The smallest absolute Gasteiger partial charge is 0.251 e. The molecule has 2 aliphatic heterocycles. The molecule has 0 spiro atoms. The van der Waals surface area contributed by atoms with E-state index in [4.69, 9.17) is 5.10 Å². The van der Waals surface area contributed by atoms with Gasteiger partial charge in [0.15, 0.2) is 11.7 Å². The number of hydrogen-bond donors (Lipinski definition) is 3. The number of H-pyrrole nitrogens is 1. The Morgan fingerprint density at radius 3 is 2.65 bits per heavy atom. The zero-order chi connectivity index (χ0) is 23.1. The van der Waals surface area contributed by atoms with Crippen LogP contribution in [0.25, 0.3) is 11.0 Å². The first kappa shape index (κ1) is 20.7. The van der Waals surface area contributed by atoms with Gasteiger partial charge < -0.3 is 20.5 Å². The Morgan fingerprint density at radius 2 is 1.91 bits per heavy atom. The highest BCUT2D eigenvalue weighted by Gasteiger charge is 2.32. The van der Waals surface area contributed by atoms with Crippen LogP contribution in [0.3, 0.4) is 0 Å². The third-order valence-electron chi connectivity index (χ3n) is 6.66. The zero-order valence-electron chi connectivity index (χ0n) is 19.2. The fraction of sp³-hybridized carbons (Fsp3) is 0.360. The van der Waals surface area contributed by atoms with Gasteiger partial charge in [0.1, 0.15) is 12.0 Å². The van der Waals surface area contributed by atoms with Gasteiger partial charge in [0.25, 0.3) is 5.91 Å². The van der Waals surface area contributed by atoms with E-state index in [1.807, 2.05) is 30.5 Å². The van der Waals surface area contributed by atoms with Gasteiger partial charge in [0.05, 0.1) is 11.4 Å². The number of likely N-dealkylation sites (tertiary alicyclic amines) is 1.